The van der Waals surface area contributed by atoms with E-state index in [9.17, 15) is 14.4 Å². The number of halogens is 1. The lowest BCUT2D eigenvalue weighted by Crippen LogP contribution is -2.36. The van der Waals surface area contributed by atoms with Gasteiger partial charge in [0, 0.05) is 29.9 Å². The Morgan fingerprint density at radius 1 is 1.30 bits per heavy atom. The lowest BCUT2D eigenvalue weighted by molar-refractivity contribution is -0.117. The number of aryl methyl sites for hydroxylation is 1. The molecular weight excluding hydrogens is 425 g/mol. The summed E-state index contributed by atoms with van der Waals surface area (Å²) >= 11 is 0. The predicted molar refractivity (Wildman–Crippen MR) is 119 cm³/mol. The number of carbonyl (C=O) groups is 1. The molecule has 166 valence electrons. The third kappa shape index (κ3) is 3.20. The number of fused-ring (bicyclic) bond motifs is 7. The number of rotatable bonds is 0. The van der Waals surface area contributed by atoms with Crippen LogP contribution in [0.5, 0.6) is 5.75 Å². The third-order valence-corrected chi connectivity index (χ3v) is 5.87. The van der Waals surface area contributed by atoms with E-state index in [1.54, 1.807) is 39.2 Å². The van der Waals surface area contributed by atoms with E-state index in [-0.39, 0.29) is 23.9 Å². The molecule has 0 fully saturated rings. The number of anilines is 2. The van der Waals surface area contributed by atoms with Crippen LogP contribution in [-0.2, 0) is 18.3 Å². The van der Waals surface area contributed by atoms with Crippen LogP contribution >= 0.6 is 0 Å². The van der Waals surface area contributed by atoms with Crippen molar-refractivity contribution in [3.05, 3.63) is 53.2 Å². The summed E-state index contributed by atoms with van der Waals surface area (Å²) in [6.45, 7) is 3.45. The fraction of sp³-hybridized carbons (Fsp3) is 0.261. The van der Waals surface area contributed by atoms with Gasteiger partial charge >= 0.3 is 0 Å². The fourth-order valence-electron chi connectivity index (χ4n) is 4.31. The molecule has 0 spiro atoms. The average molecular weight is 445 g/mol. The van der Waals surface area contributed by atoms with Gasteiger partial charge < -0.3 is 10.5 Å². The van der Waals surface area contributed by atoms with Gasteiger partial charge in [0.05, 0.1) is 17.8 Å². The Morgan fingerprint density at radius 2 is 2.09 bits per heavy atom. The van der Waals surface area contributed by atoms with Crippen LogP contribution in [0.3, 0.4) is 0 Å². The molecule has 1 aromatic carbocycles. The number of amides is 1. The van der Waals surface area contributed by atoms with Gasteiger partial charge in [-0.2, -0.15) is 10.4 Å². The molecule has 2 N–H and O–H groups in total. The number of amidine groups is 1. The second-order valence-corrected chi connectivity index (χ2v) is 8.05. The van der Waals surface area contributed by atoms with Crippen molar-refractivity contribution in [3.63, 3.8) is 0 Å². The van der Waals surface area contributed by atoms with Crippen LogP contribution in [0.15, 0.2) is 35.5 Å². The van der Waals surface area contributed by atoms with Gasteiger partial charge in [-0.3, -0.25) is 19.4 Å². The number of nitrogen functional groups attached to an aromatic ring is 1. The zero-order valence-corrected chi connectivity index (χ0v) is 18.2. The maximum Gasteiger partial charge on any atom is 0.257 e. The van der Waals surface area contributed by atoms with E-state index in [0.717, 1.165) is 0 Å². The van der Waals surface area contributed by atoms with E-state index in [1.165, 1.54) is 21.7 Å². The maximum atomic E-state index is 14.3. The molecule has 5 rings (SSSR count). The quantitative estimate of drug-likeness (QED) is 0.568. The highest BCUT2D eigenvalue weighted by molar-refractivity contribution is 6.23. The minimum atomic E-state index is -0.664. The van der Waals surface area contributed by atoms with E-state index in [1.807, 2.05) is 0 Å². The van der Waals surface area contributed by atoms with E-state index >= 15 is 0 Å². The molecule has 9 nitrogen and oxygen atoms in total. The first kappa shape index (κ1) is 20.6. The second kappa shape index (κ2) is 7.41. The van der Waals surface area contributed by atoms with Crippen LogP contribution in [0.1, 0.15) is 36.9 Å². The van der Waals surface area contributed by atoms with E-state index in [4.69, 9.17) is 10.5 Å². The number of nitriles is 1. The van der Waals surface area contributed by atoms with Gasteiger partial charge in [0.2, 0.25) is 0 Å². The molecule has 2 aliphatic heterocycles. The van der Waals surface area contributed by atoms with Gasteiger partial charge in [-0.25, -0.2) is 9.37 Å². The molecule has 33 heavy (non-hydrogen) atoms. The SMILES string of the molecule is CC1N=C2Cc3nn(C)c(C#N)c3-c3cnc(N)c(c3)OC(C)c3cc(F)ccc3N2C1=O. The molecule has 0 saturated carbocycles. The monoisotopic (exact) mass is 445 g/mol. The van der Waals surface area contributed by atoms with Gasteiger partial charge in [-0.15, -0.1) is 0 Å². The Bertz CT molecular complexity index is 1390. The van der Waals surface area contributed by atoms with Crippen molar-refractivity contribution < 1.29 is 13.9 Å². The Balaban J connectivity index is 1.81. The first-order chi connectivity index (χ1) is 15.8. The fourth-order valence-corrected chi connectivity index (χ4v) is 4.31. The zero-order chi connectivity index (χ0) is 23.4. The number of nitrogens with zero attached hydrogens (tertiary/aromatic N) is 6. The smallest absolute Gasteiger partial charge is 0.257 e. The predicted octanol–water partition coefficient (Wildman–Crippen LogP) is 2.90. The normalized spacial score (nSPS) is 19.3. The molecule has 0 radical (unpaired) electrons. The number of aromatic nitrogens is 3. The van der Waals surface area contributed by atoms with Gasteiger partial charge in [0.15, 0.2) is 11.6 Å². The summed E-state index contributed by atoms with van der Waals surface area (Å²) in [6.07, 6.45) is 1.07. The molecule has 2 aliphatic rings. The van der Waals surface area contributed by atoms with Crippen LogP contribution in [0.2, 0.25) is 0 Å². The first-order valence-corrected chi connectivity index (χ1v) is 10.4. The minimum Gasteiger partial charge on any atom is -0.482 e. The van der Waals surface area contributed by atoms with E-state index < -0.39 is 18.0 Å². The standard InChI is InChI=1S/C23H20FN7O2/c1-11-23(32)31-17-5-4-14(24)7-15(17)12(2)33-19-6-13(10-27-22(19)26)21-16(8-20(31)28-11)29-30(3)18(21)9-25/h4-7,10-12H,8H2,1-3H3,(H2,26,27). The number of pyridine rings is 1. The summed E-state index contributed by atoms with van der Waals surface area (Å²) in [6, 6.07) is 7.45. The molecule has 4 heterocycles. The summed E-state index contributed by atoms with van der Waals surface area (Å²) in [7, 11) is 1.67. The van der Waals surface area contributed by atoms with Crippen molar-refractivity contribution in [1.82, 2.24) is 14.8 Å². The minimum absolute atomic E-state index is 0.151. The van der Waals surface area contributed by atoms with Gasteiger partial charge in [0.1, 0.15) is 35.6 Å². The topological polar surface area (TPSA) is 122 Å². The molecule has 10 heteroatoms. The van der Waals surface area contributed by atoms with Gasteiger partial charge in [0.25, 0.3) is 5.91 Å². The Hall–Kier alpha value is -4.26. The molecule has 2 atom stereocenters. The van der Waals surface area contributed by atoms with Crippen molar-refractivity contribution in [2.24, 2.45) is 12.0 Å². The molecule has 3 aromatic rings. The summed E-state index contributed by atoms with van der Waals surface area (Å²) in [5.74, 6) is 0.197. The summed E-state index contributed by atoms with van der Waals surface area (Å²) in [4.78, 5) is 23.4. The van der Waals surface area contributed by atoms with E-state index in [2.05, 4.69) is 21.1 Å². The lowest BCUT2D eigenvalue weighted by Gasteiger charge is -2.26. The van der Waals surface area contributed by atoms with Crippen molar-refractivity contribution in [2.75, 3.05) is 10.6 Å². The molecular formula is C23H20FN7O2. The molecule has 1 amide bonds. The number of aliphatic imine (C=N–C) groups is 1. The highest BCUT2D eigenvalue weighted by Gasteiger charge is 2.36. The number of nitrogens with two attached hydrogens (primary N) is 1. The number of hydrogen-bond acceptors (Lipinski definition) is 7. The summed E-state index contributed by atoms with van der Waals surface area (Å²) in [5, 5.41) is 14.3. The number of hydrogen-bond donors (Lipinski definition) is 1. The molecule has 0 aliphatic carbocycles. The maximum absolute atomic E-state index is 14.3. The summed E-state index contributed by atoms with van der Waals surface area (Å²) < 4.78 is 21.8. The van der Waals surface area contributed by atoms with Crippen molar-refractivity contribution >= 4 is 23.2 Å². The second-order valence-electron chi connectivity index (χ2n) is 8.05. The zero-order valence-electron chi connectivity index (χ0n) is 18.2. The van der Waals surface area contributed by atoms with Crippen LogP contribution in [0.4, 0.5) is 15.9 Å². The largest absolute Gasteiger partial charge is 0.482 e. The third-order valence-electron chi connectivity index (χ3n) is 5.87. The number of benzene rings is 1. The lowest BCUT2D eigenvalue weighted by atomic mass is 10.0. The van der Waals surface area contributed by atoms with Crippen molar-refractivity contribution in [3.8, 4) is 22.9 Å². The van der Waals surface area contributed by atoms with E-state index in [0.29, 0.717) is 39.6 Å². The molecule has 2 aromatic heterocycles. The number of ether oxygens (including phenoxy) is 1. The van der Waals surface area contributed by atoms with Crippen molar-refractivity contribution in [1.29, 1.82) is 5.26 Å². The highest BCUT2D eigenvalue weighted by atomic mass is 19.1. The summed E-state index contributed by atoms with van der Waals surface area (Å²) in [5.41, 5.74) is 9.05. The Labute approximate surface area is 188 Å². The van der Waals surface area contributed by atoms with Gasteiger partial charge in [-0.05, 0) is 38.1 Å². The van der Waals surface area contributed by atoms with Crippen LogP contribution < -0.4 is 15.4 Å². The van der Waals surface area contributed by atoms with Crippen LogP contribution in [0.25, 0.3) is 11.1 Å². The van der Waals surface area contributed by atoms with Crippen LogP contribution in [0, 0.1) is 17.1 Å². The van der Waals surface area contributed by atoms with Gasteiger partial charge in [-0.1, -0.05) is 0 Å². The molecule has 2 unspecified atom stereocenters. The Morgan fingerprint density at radius 3 is 2.85 bits per heavy atom. The highest BCUT2D eigenvalue weighted by Crippen LogP contribution is 2.38. The molecule has 2 bridgehead atoms. The van der Waals surface area contributed by atoms with Crippen molar-refractivity contribution in [2.45, 2.75) is 32.4 Å². The first-order valence-electron chi connectivity index (χ1n) is 10.4. The number of carbonyl (C=O) groups excluding carboxylic acids is 1. The average Bonchev–Trinajstić information content (AvgIpc) is 3.24. The van der Waals surface area contributed by atoms with Crippen LogP contribution in [-0.4, -0.2) is 32.5 Å². The molecule has 0 saturated heterocycles. The Kier molecular flexibility index (Phi) is 4.63.